The number of anilines is 2. The van der Waals surface area contributed by atoms with E-state index in [2.05, 4.69) is 12.2 Å². The lowest BCUT2D eigenvalue weighted by Crippen LogP contribution is -2.02. The van der Waals surface area contributed by atoms with Gasteiger partial charge in [0, 0.05) is 18.3 Å². The number of rotatable bonds is 8. The molecule has 0 unspecified atom stereocenters. The summed E-state index contributed by atoms with van der Waals surface area (Å²) in [7, 11) is 6.59. The van der Waals surface area contributed by atoms with E-state index in [4.69, 9.17) is 29.3 Å². The van der Waals surface area contributed by atoms with Gasteiger partial charge in [0.1, 0.15) is 16.8 Å². The van der Waals surface area contributed by atoms with Crippen molar-refractivity contribution < 1.29 is 19.3 Å². The van der Waals surface area contributed by atoms with Gasteiger partial charge in [-0.3, -0.25) is 4.68 Å². The quantitative estimate of drug-likeness (QED) is 0.380. The monoisotopic (exact) mass is 449 g/mol. The Balaban J connectivity index is 1.94. The van der Waals surface area contributed by atoms with Gasteiger partial charge in [-0.15, -0.1) is 0 Å². The van der Waals surface area contributed by atoms with Crippen molar-refractivity contribution in [1.82, 2.24) is 19.7 Å². The fourth-order valence-electron chi connectivity index (χ4n) is 3.75. The number of fused-ring (bicyclic) bond motifs is 1. The molecule has 0 fully saturated rings. The third kappa shape index (κ3) is 4.21. The first-order chi connectivity index (χ1) is 16.0. The summed E-state index contributed by atoms with van der Waals surface area (Å²) < 4.78 is 18.3. The van der Waals surface area contributed by atoms with E-state index in [1.54, 1.807) is 50.3 Å². The van der Waals surface area contributed by atoms with E-state index in [9.17, 15) is 5.11 Å². The van der Waals surface area contributed by atoms with Gasteiger partial charge >= 0.3 is 0 Å². The lowest BCUT2D eigenvalue weighted by atomic mass is 10.1. The first-order valence-electron chi connectivity index (χ1n) is 10.6. The number of ether oxygens (including phenoxy) is 3. The Kier molecular flexibility index (Phi) is 6.21. The van der Waals surface area contributed by atoms with Gasteiger partial charge in [0.05, 0.1) is 27.0 Å². The molecule has 9 nitrogen and oxygen atoms in total. The molecule has 0 aliphatic heterocycles. The molecule has 0 radical (unpaired) electrons. The first kappa shape index (κ1) is 22.2. The Labute approximate surface area is 192 Å². The van der Waals surface area contributed by atoms with E-state index < -0.39 is 0 Å². The second kappa shape index (κ2) is 9.23. The van der Waals surface area contributed by atoms with Crippen LogP contribution in [0.3, 0.4) is 0 Å². The SMILES string of the molecule is CCCc1nn(C)c2c(Nc3ccc(O)cc3)nc(-c3cc(OC)c(OC)c(OC)c3)nc12. The largest absolute Gasteiger partial charge is 0.508 e. The molecule has 0 amide bonds. The van der Waals surface area contributed by atoms with Crippen molar-refractivity contribution in [2.45, 2.75) is 19.8 Å². The number of aromatic hydroxyl groups is 1. The summed E-state index contributed by atoms with van der Waals surface area (Å²) in [6.07, 6.45) is 1.73. The molecule has 0 bridgehead atoms. The molecule has 172 valence electrons. The van der Waals surface area contributed by atoms with E-state index in [-0.39, 0.29) is 5.75 Å². The number of hydrogen-bond acceptors (Lipinski definition) is 8. The Bertz CT molecular complexity index is 1260. The zero-order valence-electron chi connectivity index (χ0n) is 19.3. The number of nitrogens with zero attached hydrogens (tertiary/aromatic N) is 4. The summed E-state index contributed by atoms with van der Waals surface area (Å²) in [6, 6.07) is 10.4. The molecule has 0 aliphatic carbocycles. The number of benzene rings is 2. The number of hydrogen-bond donors (Lipinski definition) is 2. The van der Waals surface area contributed by atoms with E-state index in [0.29, 0.717) is 34.5 Å². The summed E-state index contributed by atoms with van der Waals surface area (Å²) >= 11 is 0. The molecule has 0 atom stereocenters. The number of aromatic nitrogens is 4. The minimum absolute atomic E-state index is 0.192. The first-order valence-corrected chi connectivity index (χ1v) is 10.6. The standard InChI is InChI=1S/C24H27N5O4/c1-6-7-17-20-21(29(2)28-17)24(25-15-8-10-16(30)11-9-15)27-23(26-20)14-12-18(31-3)22(33-5)19(13-14)32-4/h8-13,30H,6-7H2,1-5H3,(H,25,26,27). The number of phenols is 1. The average Bonchev–Trinajstić information content (AvgIpc) is 3.15. The van der Waals surface area contributed by atoms with Crippen LogP contribution in [0.25, 0.3) is 22.4 Å². The molecular formula is C24H27N5O4. The van der Waals surface area contributed by atoms with E-state index >= 15 is 0 Å². The van der Waals surface area contributed by atoms with Crippen molar-refractivity contribution in [3.05, 3.63) is 42.1 Å². The molecule has 9 heteroatoms. The molecule has 2 aromatic heterocycles. The Morgan fingerprint density at radius 1 is 0.970 bits per heavy atom. The smallest absolute Gasteiger partial charge is 0.203 e. The normalized spacial score (nSPS) is 10.9. The third-order valence-corrected chi connectivity index (χ3v) is 5.29. The van der Waals surface area contributed by atoms with Crippen molar-refractivity contribution in [2.75, 3.05) is 26.6 Å². The number of aryl methyl sites for hydroxylation is 2. The van der Waals surface area contributed by atoms with Gasteiger partial charge < -0.3 is 24.6 Å². The summed E-state index contributed by atoms with van der Waals surface area (Å²) in [5, 5.41) is 17.7. The minimum Gasteiger partial charge on any atom is -0.508 e. The molecule has 4 aromatic rings. The van der Waals surface area contributed by atoms with Crippen molar-refractivity contribution >= 4 is 22.5 Å². The van der Waals surface area contributed by atoms with Crippen LogP contribution in [0, 0.1) is 0 Å². The van der Waals surface area contributed by atoms with Crippen LogP contribution >= 0.6 is 0 Å². The summed E-state index contributed by atoms with van der Waals surface area (Å²) in [4.78, 5) is 9.71. The number of methoxy groups -OCH3 is 3. The van der Waals surface area contributed by atoms with E-state index in [1.165, 1.54) is 0 Å². The average molecular weight is 450 g/mol. The summed E-state index contributed by atoms with van der Waals surface area (Å²) in [6.45, 7) is 2.11. The van der Waals surface area contributed by atoms with Crippen molar-refractivity contribution in [1.29, 1.82) is 0 Å². The van der Waals surface area contributed by atoms with Crippen molar-refractivity contribution in [2.24, 2.45) is 7.05 Å². The number of nitrogens with one attached hydrogen (secondary N) is 1. The molecule has 2 N–H and O–H groups in total. The van der Waals surface area contributed by atoms with Gasteiger partial charge in [-0.25, -0.2) is 9.97 Å². The Morgan fingerprint density at radius 2 is 1.64 bits per heavy atom. The molecule has 2 heterocycles. The molecule has 0 spiro atoms. The second-order valence-electron chi connectivity index (χ2n) is 7.50. The highest BCUT2D eigenvalue weighted by Gasteiger charge is 2.20. The molecule has 2 aromatic carbocycles. The highest BCUT2D eigenvalue weighted by Crippen LogP contribution is 2.41. The van der Waals surface area contributed by atoms with Crippen LogP contribution in [0.2, 0.25) is 0 Å². The van der Waals surface area contributed by atoms with Gasteiger partial charge in [-0.2, -0.15) is 5.10 Å². The van der Waals surface area contributed by atoms with Gasteiger partial charge in [0.25, 0.3) is 0 Å². The summed E-state index contributed by atoms with van der Waals surface area (Å²) in [5.41, 5.74) is 3.97. The Hall–Kier alpha value is -4.01. The lowest BCUT2D eigenvalue weighted by molar-refractivity contribution is 0.324. The van der Waals surface area contributed by atoms with Crippen LogP contribution in [0.15, 0.2) is 36.4 Å². The topological polar surface area (TPSA) is 104 Å². The Morgan fingerprint density at radius 3 is 2.21 bits per heavy atom. The van der Waals surface area contributed by atoms with Crippen LogP contribution in [0.4, 0.5) is 11.5 Å². The molecule has 4 rings (SSSR count). The van der Waals surface area contributed by atoms with Gasteiger partial charge in [-0.05, 0) is 42.8 Å². The van der Waals surface area contributed by atoms with Crippen molar-refractivity contribution in [3.8, 4) is 34.4 Å². The van der Waals surface area contributed by atoms with Gasteiger partial charge in [0.15, 0.2) is 23.1 Å². The predicted molar refractivity (Wildman–Crippen MR) is 127 cm³/mol. The molecule has 0 aliphatic rings. The maximum atomic E-state index is 9.63. The van der Waals surface area contributed by atoms with Crippen LogP contribution in [0.5, 0.6) is 23.0 Å². The molecule has 0 saturated carbocycles. The third-order valence-electron chi connectivity index (χ3n) is 5.29. The van der Waals surface area contributed by atoms with E-state index in [1.807, 2.05) is 19.2 Å². The predicted octanol–water partition coefficient (Wildman–Crippen LogP) is 4.46. The number of phenolic OH excluding ortho intramolecular Hbond substituents is 1. The molecule has 33 heavy (non-hydrogen) atoms. The van der Waals surface area contributed by atoms with Crippen LogP contribution < -0.4 is 19.5 Å². The highest BCUT2D eigenvalue weighted by atomic mass is 16.5. The lowest BCUT2D eigenvalue weighted by Gasteiger charge is -2.15. The zero-order valence-corrected chi connectivity index (χ0v) is 19.3. The van der Waals surface area contributed by atoms with Gasteiger partial charge in [-0.1, -0.05) is 13.3 Å². The summed E-state index contributed by atoms with van der Waals surface area (Å²) in [5.74, 6) is 2.82. The maximum absolute atomic E-state index is 9.63. The second-order valence-corrected chi connectivity index (χ2v) is 7.50. The molecule has 0 saturated heterocycles. The fraction of sp³-hybridized carbons (Fsp3) is 0.292. The minimum atomic E-state index is 0.192. The zero-order chi connectivity index (χ0) is 23.5. The molecular weight excluding hydrogens is 422 g/mol. The maximum Gasteiger partial charge on any atom is 0.203 e. The van der Waals surface area contributed by atoms with E-state index in [0.717, 1.165) is 35.3 Å². The van der Waals surface area contributed by atoms with Crippen molar-refractivity contribution in [3.63, 3.8) is 0 Å². The van der Waals surface area contributed by atoms with Crippen LogP contribution in [0.1, 0.15) is 19.0 Å². The highest BCUT2D eigenvalue weighted by molar-refractivity contribution is 5.91. The van der Waals surface area contributed by atoms with Crippen LogP contribution in [-0.2, 0) is 13.5 Å². The fourth-order valence-corrected chi connectivity index (χ4v) is 3.75. The van der Waals surface area contributed by atoms with Gasteiger partial charge in [0.2, 0.25) is 5.75 Å². The van der Waals surface area contributed by atoms with Crippen LogP contribution in [-0.4, -0.2) is 46.2 Å².